The number of nitrogens with two attached hydrogens (primary N) is 1. The molecule has 0 unspecified atom stereocenters. The third-order valence-corrected chi connectivity index (χ3v) is 3.52. The molecule has 4 nitrogen and oxygen atoms in total. The third-order valence-electron chi connectivity index (χ3n) is 3.05. The average Bonchev–Trinajstić information content (AvgIpc) is 2.61. The van der Waals surface area contributed by atoms with Crippen molar-refractivity contribution in [3.05, 3.63) is 46.2 Å². The van der Waals surface area contributed by atoms with Gasteiger partial charge in [-0.25, -0.2) is 0 Å². The fourth-order valence-electron chi connectivity index (χ4n) is 1.98. The van der Waals surface area contributed by atoms with E-state index in [0.717, 1.165) is 22.6 Å². The molecule has 2 N–H and O–H groups in total. The molecule has 1 heterocycles. The molecular formula is C14H18ClN3O. The molecule has 0 saturated carbocycles. The summed E-state index contributed by atoms with van der Waals surface area (Å²) in [5.74, 6) is 0.789. The minimum absolute atomic E-state index is 0.0679. The molecule has 0 radical (unpaired) electrons. The lowest BCUT2D eigenvalue weighted by molar-refractivity contribution is 0.301. The van der Waals surface area contributed by atoms with Crippen LogP contribution in [0.2, 0.25) is 5.15 Å². The lowest BCUT2D eigenvalue weighted by atomic mass is 10.1. The first-order chi connectivity index (χ1) is 9.00. The molecule has 1 atom stereocenters. The summed E-state index contributed by atoms with van der Waals surface area (Å²) < 4.78 is 7.49. The second-order valence-electron chi connectivity index (χ2n) is 4.59. The van der Waals surface area contributed by atoms with Crippen molar-refractivity contribution in [1.82, 2.24) is 9.78 Å². The van der Waals surface area contributed by atoms with Gasteiger partial charge in [-0.2, -0.15) is 5.10 Å². The van der Waals surface area contributed by atoms with Gasteiger partial charge in [-0.05, 0) is 19.9 Å². The molecule has 102 valence electrons. The SMILES string of the molecule is Cc1nn(C)c(Cl)c1COc1ccccc1[C@H](C)N. The molecule has 0 aliphatic carbocycles. The lowest BCUT2D eigenvalue weighted by Gasteiger charge is -2.13. The van der Waals surface area contributed by atoms with E-state index in [-0.39, 0.29) is 6.04 Å². The molecule has 0 amide bonds. The lowest BCUT2D eigenvalue weighted by Crippen LogP contribution is -2.08. The average molecular weight is 280 g/mol. The Labute approximate surface area is 118 Å². The first-order valence-corrected chi connectivity index (χ1v) is 6.53. The molecule has 0 fully saturated rings. The number of ether oxygens (including phenoxy) is 1. The minimum Gasteiger partial charge on any atom is -0.488 e. The summed E-state index contributed by atoms with van der Waals surface area (Å²) in [5.41, 5.74) is 8.70. The molecule has 0 bridgehead atoms. The Balaban J connectivity index is 2.19. The Bertz CT molecular complexity index is 578. The summed E-state index contributed by atoms with van der Waals surface area (Å²) in [5, 5.41) is 4.87. The van der Waals surface area contributed by atoms with Gasteiger partial charge in [-0.1, -0.05) is 29.8 Å². The van der Waals surface area contributed by atoms with Crippen molar-refractivity contribution in [3.63, 3.8) is 0 Å². The van der Waals surface area contributed by atoms with Gasteiger partial charge >= 0.3 is 0 Å². The van der Waals surface area contributed by atoms with Gasteiger partial charge < -0.3 is 10.5 Å². The number of benzene rings is 1. The quantitative estimate of drug-likeness (QED) is 0.936. The summed E-state index contributed by atoms with van der Waals surface area (Å²) in [6.45, 7) is 4.24. The van der Waals surface area contributed by atoms with Crippen LogP contribution in [0.5, 0.6) is 5.75 Å². The Morgan fingerprint density at radius 3 is 2.68 bits per heavy atom. The maximum atomic E-state index is 6.18. The Morgan fingerprint density at radius 1 is 1.42 bits per heavy atom. The van der Waals surface area contributed by atoms with Crippen molar-refractivity contribution >= 4 is 11.6 Å². The second-order valence-corrected chi connectivity index (χ2v) is 4.95. The van der Waals surface area contributed by atoms with E-state index >= 15 is 0 Å². The van der Waals surface area contributed by atoms with Gasteiger partial charge in [0.2, 0.25) is 0 Å². The van der Waals surface area contributed by atoms with E-state index in [0.29, 0.717) is 11.8 Å². The van der Waals surface area contributed by atoms with E-state index < -0.39 is 0 Å². The normalized spacial score (nSPS) is 12.5. The van der Waals surface area contributed by atoms with E-state index in [1.165, 1.54) is 0 Å². The molecule has 0 aliphatic heterocycles. The highest BCUT2D eigenvalue weighted by molar-refractivity contribution is 6.30. The summed E-state index contributed by atoms with van der Waals surface area (Å²) in [4.78, 5) is 0. The number of halogens is 1. The van der Waals surface area contributed by atoms with Gasteiger partial charge in [0, 0.05) is 24.2 Å². The van der Waals surface area contributed by atoms with Crippen molar-refractivity contribution < 1.29 is 4.74 Å². The summed E-state index contributed by atoms with van der Waals surface area (Å²) in [6, 6.07) is 7.70. The molecule has 5 heteroatoms. The Morgan fingerprint density at radius 2 is 2.11 bits per heavy atom. The van der Waals surface area contributed by atoms with Crippen LogP contribution in [0.1, 0.15) is 29.8 Å². The van der Waals surface area contributed by atoms with Crippen LogP contribution in [0.3, 0.4) is 0 Å². The smallest absolute Gasteiger partial charge is 0.133 e. The van der Waals surface area contributed by atoms with Gasteiger partial charge in [0.15, 0.2) is 0 Å². The van der Waals surface area contributed by atoms with Gasteiger partial charge in [-0.15, -0.1) is 0 Å². The van der Waals surface area contributed by atoms with Crippen molar-refractivity contribution in [2.45, 2.75) is 26.5 Å². The topological polar surface area (TPSA) is 53.1 Å². The molecule has 0 saturated heterocycles. The van der Waals surface area contributed by atoms with Crippen molar-refractivity contribution in [2.75, 3.05) is 0 Å². The first-order valence-electron chi connectivity index (χ1n) is 6.16. The highest BCUT2D eigenvalue weighted by Crippen LogP contribution is 2.26. The van der Waals surface area contributed by atoms with E-state index in [4.69, 9.17) is 22.1 Å². The van der Waals surface area contributed by atoms with Crippen LogP contribution < -0.4 is 10.5 Å². The van der Waals surface area contributed by atoms with E-state index in [2.05, 4.69) is 5.10 Å². The molecule has 2 rings (SSSR count). The van der Waals surface area contributed by atoms with Crippen LogP contribution in [0.15, 0.2) is 24.3 Å². The van der Waals surface area contributed by atoms with Gasteiger partial charge in [0.05, 0.1) is 5.69 Å². The molecule has 0 spiro atoms. The number of hydrogen-bond donors (Lipinski definition) is 1. The van der Waals surface area contributed by atoms with Gasteiger partial charge in [0.1, 0.15) is 17.5 Å². The monoisotopic (exact) mass is 279 g/mol. The van der Waals surface area contributed by atoms with Gasteiger partial charge in [0.25, 0.3) is 0 Å². The van der Waals surface area contributed by atoms with Crippen LogP contribution in [-0.4, -0.2) is 9.78 Å². The fraction of sp³-hybridized carbons (Fsp3) is 0.357. The van der Waals surface area contributed by atoms with Crippen molar-refractivity contribution in [3.8, 4) is 5.75 Å². The Hall–Kier alpha value is -1.52. The third kappa shape index (κ3) is 2.91. The molecule has 1 aromatic heterocycles. The predicted molar refractivity (Wildman–Crippen MR) is 76.3 cm³/mol. The van der Waals surface area contributed by atoms with Crippen molar-refractivity contribution in [1.29, 1.82) is 0 Å². The molecule has 1 aromatic carbocycles. The van der Waals surface area contributed by atoms with Crippen LogP contribution in [0.4, 0.5) is 0 Å². The largest absolute Gasteiger partial charge is 0.488 e. The van der Waals surface area contributed by atoms with Crippen molar-refractivity contribution in [2.24, 2.45) is 12.8 Å². The summed E-state index contributed by atoms with van der Waals surface area (Å²) >= 11 is 6.18. The molecular weight excluding hydrogens is 262 g/mol. The number of nitrogens with zero attached hydrogens (tertiary/aromatic N) is 2. The second kappa shape index (κ2) is 5.63. The molecule has 0 aliphatic rings. The number of rotatable bonds is 4. The van der Waals surface area contributed by atoms with E-state index in [9.17, 15) is 0 Å². The van der Waals surface area contributed by atoms with E-state index in [1.54, 1.807) is 4.68 Å². The number of hydrogen-bond acceptors (Lipinski definition) is 3. The van der Waals surface area contributed by atoms with Crippen LogP contribution in [0.25, 0.3) is 0 Å². The zero-order chi connectivity index (χ0) is 14.0. The standard InChI is InChI=1S/C14H18ClN3O/c1-9(16)11-6-4-5-7-13(11)19-8-12-10(2)17-18(3)14(12)15/h4-7,9H,8,16H2,1-3H3/t9-/m0/s1. The Kier molecular flexibility index (Phi) is 4.12. The molecule has 19 heavy (non-hydrogen) atoms. The number of aromatic nitrogens is 2. The van der Waals surface area contributed by atoms with Crippen LogP contribution in [-0.2, 0) is 13.7 Å². The maximum Gasteiger partial charge on any atom is 0.133 e. The number of aryl methyl sites for hydroxylation is 2. The maximum absolute atomic E-state index is 6.18. The van der Waals surface area contributed by atoms with Gasteiger partial charge in [-0.3, -0.25) is 4.68 Å². The zero-order valence-electron chi connectivity index (χ0n) is 11.4. The van der Waals surface area contributed by atoms with Crippen LogP contribution in [0, 0.1) is 6.92 Å². The zero-order valence-corrected chi connectivity index (χ0v) is 12.1. The first kappa shape index (κ1) is 13.9. The fourth-order valence-corrected chi connectivity index (χ4v) is 2.21. The highest BCUT2D eigenvalue weighted by atomic mass is 35.5. The van der Waals surface area contributed by atoms with E-state index in [1.807, 2.05) is 45.2 Å². The summed E-state index contributed by atoms with van der Waals surface area (Å²) in [6.07, 6.45) is 0. The summed E-state index contributed by atoms with van der Waals surface area (Å²) in [7, 11) is 1.81. The van der Waals surface area contributed by atoms with Crippen LogP contribution >= 0.6 is 11.6 Å². The highest BCUT2D eigenvalue weighted by Gasteiger charge is 2.13. The minimum atomic E-state index is -0.0679. The predicted octanol–water partition coefficient (Wildman–Crippen LogP) is 2.98. The molecule has 2 aromatic rings. The number of para-hydroxylation sites is 1.